The number of carboxylic acids is 1. The Labute approximate surface area is 195 Å². The Kier molecular flexibility index (Phi) is 6.02. The van der Waals surface area contributed by atoms with E-state index in [1.807, 2.05) is 0 Å². The van der Waals surface area contributed by atoms with E-state index in [-0.39, 0.29) is 35.5 Å². The maximum atomic E-state index is 15.1. The van der Waals surface area contributed by atoms with Crippen LogP contribution in [0.15, 0.2) is 38.3 Å². The van der Waals surface area contributed by atoms with Crippen molar-refractivity contribution in [2.45, 2.75) is 76.4 Å². The van der Waals surface area contributed by atoms with Crippen LogP contribution in [-0.2, 0) is 6.54 Å². The van der Waals surface area contributed by atoms with Crippen molar-refractivity contribution in [3.8, 4) is 0 Å². The molecule has 9 heteroatoms. The van der Waals surface area contributed by atoms with E-state index in [0.29, 0.717) is 11.2 Å². The first kappa shape index (κ1) is 22.4. The Balaban J connectivity index is 1.63. The third-order valence-corrected chi connectivity index (χ3v) is 7.10. The van der Waals surface area contributed by atoms with Crippen molar-refractivity contribution in [3.63, 3.8) is 0 Å². The van der Waals surface area contributed by atoms with Crippen LogP contribution in [0.1, 0.15) is 80.1 Å². The molecule has 3 aromatic rings. The topological polar surface area (TPSA) is 106 Å². The zero-order valence-electron chi connectivity index (χ0n) is 18.9. The molecule has 2 heterocycles. The highest BCUT2D eigenvalue weighted by Gasteiger charge is 2.25. The molecule has 2 fully saturated rings. The van der Waals surface area contributed by atoms with Crippen LogP contribution in [0.3, 0.4) is 0 Å². The van der Waals surface area contributed by atoms with Crippen LogP contribution >= 0.6 is 0 Å². The largest absolute Gasteiger partial charge is 0.475 e. The number of hydrogen-bond acceptors (Lipinski definition) is 5. The predicted octanol–water partition coefficient (Wildman–Crippen LogP) is 4.50. The van der Waals surface area contributed by atoms with Crippen molar-refractivity contribution >= 4 is 22.6 Å². The number of aromatic carboxylic acids is 1. The number of benzene rings is 1. The molecule has 1 aromatic carbocycles. The fraction of sp³-hybridized carbons (Fsp3) is 0.480. The molecule has 2 saturated carbocycles. The van der Waals surface area contributed by atoms with Gasteiger partial charge in [0.15, 0.2) is 0 Å². The summed E-state index contributed by atoms with van der Waals surface area (Å²) in [5.74, 6) is -1.86. The van der Waals surface area contributed by atoms with Crippen molar-refractivity contribution in [2.75, 3.05) is 5.32 Å². The Bertz CT molecular complexity index is 1340. The van der Waals surface area contributed by atoms with Gasteiger partial charge in [-0.1, -0.05) is 32.1 Å². The summed E-state index contributed by atoms with van der Waals surface area (Å²) in [7, 11) is 0. The molecule has 34 heavy (non-hydrogen) atoms. The molecule has 0 aliphatic heterocycles. The first-order valence-electron chi connectivity index (χ1n) is 12.0. The summed E-state index contributed by atoms with van der Waals surface area (Å²) < 4.78 is 23.0. The lowest BCUT2D eigenvalue weighted by Gasteiger charge is -2.25. The van der Waals surface area contributed by atoms with Crippen LogP contribution in [0.25, 0.3) is 10.9 Å². The number of nitrogens with zero attached hydrogens (tertiary/aromatic N) is 2. The number of nitrogens with one attached hydrogen (secondary N) is 1. The molecule has 2 N–H and O–H groups in total. The highest BCUT2D eigenvalue weighted by atomic mass is 19.1. The minimum atomic E-state index is -1.24. The van der Waals surface area contributed by atoms with Gasteiger partial charge in [-0.3, -0.25) is 13.9 Å². The van der Waals surface area contributed by atoms with E-state index in [1.54, 1.807) is 10.6 Å². The van der Waals surface area contributed by atoms with Crippen LogP contribution in [-0.4, -0.2) is 26.3 Å². The molecule has 0 atom stereocenters. The quantitative estimate of drug-likeness (QED) is 0.551. The molecule has 180 valence electrons. The van der Waals surface area contributed by atoms with Crippen molar-refractivity contribution in [3.05, 3.63) is 62.4 Å². The van der Waals surface area contributed by atoms with Gasteiger partial charge in [-0.25, -0.2) is 14.0 Å². The fourth-order valence-electron chi connectivity index (χ4n) is 5.36. The number of aromatic nitrogens is 2. The number of hydrogen-bond donors (Lipinski definition) is 2. The molecule has 2 aromatic heterocycles. The average Bonchev–Trinajstić information content (AvgIpc) is 3.51. The lowest BCUT2D eigenvalue weighted by atomic mass is 9.95. The molecule has 2 aliphatic rings. The van der Waals surface area contributed by atoms with Gasteiger partial charge in [0.25, 0.3) is 5.56 Å². The minimum absolute atomic E-state index is 0.0824. The monoisotopic (exact) mass is 469 g/mol. The number of fused-ring (bicyclic) bond motifs is 1. The van der Waals surface area contributed by atoms with Crippen molar-refractivity contribution in [1.82, 2.24) is 9.13 Å². The molecule has 5 rings (SSSR count). The van der Waals surface area contributed by atoms with Gasteiger partial charge in [-0.2, -0.15) is 0 Å². The summed E-state index contributed by atoms with van der Waals surface area (Å²) in [6.45, 7) is -0.225. The van der Waals surface area contributed by atoms with Gasteiger partial charge in [0, 0.05) is 12.1 Å². The Hall–Kier alpha value is -3.36. The van der Waals surface area contributed by atoms with E-state index >= 15 is 4.39 Å². The van der Waals surface area contributed by atoms with Crippen LogP contribution in [0.5, 0.6) is 0 Å². The number of anilines is 1. The summed E-state index contributed by atoms with van der Waals surface area (Å²) in [5.41, 5.74) is -0.359. The third-order valence-electron chi connectivity index (χ3n) is 7.10. The molecule has 0 radical (unpaired) electrons. The van der Waals surface area contributed by atoms with Crippen LogP contribution in [0.4, 0.5) is 10.1 Å². The highest BCUT2D eigenvalue weighted by Crippen LogP contribution is 2.32. The summed E-state index contributed by atoms with van der Waals surface area (Å²) >= 11 is 0. The van der Waals surface area contributed by atoms with E-state index in [2.05, 4.69) is 5.32 Å². The molecule has 0 spiro atoms. The van der Waals surface area contributed by atoms with E-state index < -0.39 is 23.0 Å². The SMILES string of the molecule is O=C(O)c1ccc(Cn2c(=O)c3cc(F)c(NC4CCCCC4)cc3n(C3CCCC3)c2=O)o1. The number of rotatable bonds is 6. The second kappa shape index (κ2) is 9.12. The number of carboxylic acid groups (broad SMARTS) is 1. The van der Waals surface area contributed by atoms with Gasteiger partial charge in [-0.05, 0) is 49.9 Å². The number of halogens is 1. The smallest absolute Gasteiger partial charge is 0.371 e. The van der Waals surface area contributed by atoms with Crippen molar-refractivity contribution in [1.29, 1.82) is 0 Å². The Morgan fingerprint density at radius 2 is 1.76 bits per heavy atom. The second-order valence-electron chi connectivity index (χ2n) is 9.38. The van der Waals surface area contributed by atoms with Gasteiger partial charge in [-0.15, -0.1) is 0 Å². The van der Waals surface area contributed by atoms with Gasteiger partial charge in [0.1, 0.15) is 11.6 Å². The first-order valence-corrected chi connectivity index (χ1v) is 12.0. The Morgan fingerprint density at radius 1 is 1.06 bits per heavy atom. The van der Waals surface area contributed by atoms with Crippen molar-refractivity contribution in [2.24, 2.45) is 0 Å². The molecular formula is C25H28FN3O5. The predicted molar refractivity (Wildman–Crippen MR) is 125 cm³/mol. The maximum absolute atomic E-state index is 15.1. The zero-order valence-corrected chi connectivity index (χ0v) is 18.9. The van der Waals surface area contributed by atoms with Crippen LogP contribution in [0, 0.1) is 5.82 Å². The lowest BCUT2D eigenvalue weighted by molar-refractivity contribution is 0.0660. The Morgan fingerprint density at radius 3 is 2.44 bits per heavy atom. The number of carbonyl (C=O) groups is 1. The molecular weight excluding hydrogens is 441 g/mol. The average molecular weight is 470 g/mol. The second-order valence-corrected chi connectivity index (χ2v) is 9.38. The minimum Gasteiger partial charge on any atom is -0.475 e. The first-order chi connectivity index (χ1) is 16.4. The lowest BCUT2D eigenvalue weighted by Crippen LogP contribution is -2.41. The normalized spacial score (nSPS) is 17.4. The maximum Gasteiger partial charge on any atom is 0.371 e. The van der Waals surface area contributed by atoms with E-state index in [0.717, 1.165) is 55.9 Å². The van der Waals surface area contributed by atoms with Crippen LogP contribution in [0.2, 0.25) is 0 Å². The molecule has 2 aliphatic carbocycles. The van der Waals surface area contributed by atoms with E-state index in [9.17, 15) is 14.4 Å². The molecule has 0 unspecified atom stereocenters. The molecule has 8 nitrogen and oxygen atoms in total. The molecule has 0 bridgehead atoms. The van der Waals surface area contributed by atoms with Gasteiger partial charge in [0.2, 0.25) is 5.76 Å². The van der Waals surface area contributed by atoms with E-state index in [1.165, 1.54) is 24.6 Å². The van der Waals surface area contributed by atoms with Gasteiger partial charge < -0.3 is 14.8 Å². The fourth-order valence-corrected chi connectivity index (χ4v) is 5.36. The summed E-state index contributed by atoms with van der Waals surface area (Å²) in [6, 6.07) is 5.63. The van der Waals surface area contributed by atoms with Gasteiger partial charge in [0.05, 0.1) is 23.1 Å². The molecule has 0 saturated heterocycles. The molecule has 0 amide bonds. The summed E-state index contributed by atoms with van der Waals surface area (Å²) in [4.78, 5) is 38.0. The van der Waals surface area contributed by atoms with E-state index in [4.69, 9.17) is 9.52 Å². The van der Waals surface area contributed by atoms with Crippen LogP contribution < -0.4 is 16.6 Å². The van der Waals surface area contributed by atoms with Gasteiger partial charge >= 0.3 is 11.7 Å². The highest BCUT2D eigenvalue weighted by molar-refractivity contribution is 5.84. The standard InChI is InChI=1S/C25H28FN3O5/c26-19-12-18-21(13-20(19)27-15-6-2-1-3-7-15)29(16-8-4-5-9-16)25(33)28(23(18)30)14-17-10-11-22(34-17)24(31)32/h10-13,15-16,27H,1-9,14H2,(H,31,32). The number of furan rings is 1. The zero-order chi connectivity index (χ0) is 23.8. The summed E-state index contributed by atoms with van der Waals surface area (Å²) in [5, 5.41) is 12.5. The summed E-state index contributed by atoms with van der Waals surface area (Å²) in [6.07, 6.45) is 8.88. The van der Waals surface area contributed by atoms with Crippen molar-refractivity contribution < 1.29 is 18.7 Å². The third kappa shape index (κ3) is 4.15.